The van der Waals surface area contributed by atoms with Gasteiger partial charge in [-0.1, -0.05) is 133 Å². The van der Waals surface area contributed by atoms with Crippen LogP contribution in [0.4, 0.5) is 4.79 Å². The first kappa shape index (κ1) is 58.4. The molecule has 0 unspecified atom stereocenters. The zero-order valence-electron chi connectivity index (χ0n) is 45.5. The molecular formula is C63H59Cl2N5O13. The number of aromatic hydroxyl groups is 1. The van der Waals surface area contributed by atoms with Gasteiger partial charge in [0.15, 0.2) is 17.2 Å². The molecule has 3 aliphatic heterocycles. The second-order valence-electron chi connectivity index (χ2n) is 20.4. The number of benzene rings is 7. The Morgan fingerprint density at radius 1 is 0.687 bits per heavy atom. The third-order valence-corrected chi connectivity index (χ3v) is 13.8. The van der Waals surface area contributed by atoms with Crippen LogP contribution in [0.2, 0.25) is 10.0 Å². The average Bonchev–Trinajstić information content (AvgIpc) is 3.08. The largest absolute Gasteiger partial charge is 0.504 e. The lowest BCUT2D eigenvalue weighted by molar-refractivity contribution is -0.136. The minimum Gasteiger partial charge on any atom is -0.504 e. The number of carbonyl (C=O) groups is 5. The van der Waals surface area contributed by atoms with Crippen LogP contribution in [0.15, 0.2) is 158 Å². The normalized spacial score (nSPS) is 17.6. The molecule has 0 aromatic heterocycles. The number of fused-ring (bicyclic) bond motifs is 8. The summed E-state index contributed by atoms with van der Waals surface area (Å²) >= 11 is 13.8. The zero-order chi connectivity index (χ0) is 59.0. The van der Waals surface area contributed by atoms with E-state index in [1.54, 1.807) is 45.0 Å². The number of amides is 5. The van der Waals surface area contributed by atoms with E-state index in [0.717, 1.165) is 22.8 Å². The molecule has 0 radical (unpaired) electrons. The van der Waals surface area contributed by atoms with Gasteiger partial charge in [0.05, 0.1) is 10.0 Å². The Morgan fingerprint density at radius 2 is 1.29 bits per heavy atom. The summed E-state index contributed by atoms with van der Waals surface area (Å²) in [5.74, 6) is -4.71. The number of rotatable bonds is 14. The van der Waals surface area contributed by atoms with Gasteiger partial charge in [0, 0.05) is 24.2 Å². The molecule has 0 spiro atoms. The van der Waals surface area contributed by atoms with E-state index in [1.807, 2.05) is 91.0 Å². The third kappa shape index (κ3) is 13.9. The second-order valence-corrected chi connectivity index (χ2v) is 21.2. The summed E-state index contributed by atoms with van der Waals surface area (Å²) < 4.78 is 37.6. The van der Waals surface area contributed by atoms with Crippen LogP contribution in [-0.2, 0) is 43.7 Å². The van der Waals surface area contributed by atoms with Crippen LogP contribution >= 0.6 is 23.2 Å². The number of nitrogens with one attached hydrogen (secondary N) is 5. The van der Waals surface area contributed by atoms with Gasteiger partial charge in [0.25, 0.3) is 0 Å². The van der Waals surface area contributed by atoms with Crippen molar-refractivity contribution >= 4 is 52.9 Å². The Labute approximate surface area is 488 Å². The van der Waals surface area contributed by atoms with Crippen LogP contribution in [0.25, 0.3) is 11.1 Å². The molecule has 428 valence electrons. The van der Waals surface area contributed by atoms with Gasteiger partial charge < -0.3 is 65.2 Å². The summed E-state index contributed by atoms with van der Waals surface area (Å²) in [5, 5.41) is 37.1. The SMILES string of the molecule is C=CCOc1c(O)cc2cc1Oc1c(Cl)cc(cc1Cl)[C@@H](O)[C@@H]1NC(=O)[C@H](NC(=O)[C@@H]2NC(=O)OC(C)(C)C)c2ccc(OCc3ccccc3)c(c2)-c2c(OCc3ccccc3)cc(OCc3ccccc3)cc2[C@@H](C(=O)NC)NC1=O. The maximum atomic E-state index is 15.5. The van der Waals surface area contributed by atoms with Gasteiger partial charge in [-0.05, 0) is 102 Å². The van der Waals surface area contributed by atoms with E-state index in [2.05, 4.69) is 33.2 Å². The molecule has 18 nitrogen and oxygen atoms in total. The van der Waals surface area contributed by atoms with E-state index in [1.165, 1.54) is 37.4 Å². The Morgan fingerprint density at radius 3 is 1.88 bits per heavy atom. The van der Waals surface area contributed by atoms with E-state index in [9.17, 15) is 19.8 Å². The Balaban J connectivity index is 1.32. The number of phenolic OH excluding ortho intramolecular Hbond substituents is 1. The summed E-state index contributed by atoms with van der Waals surface area (Å²) in [6.45, 7) is 8.48. The molecule has 83 heavy (non-hydrogen) atoms. The number of likely N-dealkylation sites (N-methyl/N-ethyl adjacent to an activating group) is 1. The molecule has 20 heteroatoms. The van der Waals surface area contributed by atoms with Crippen LogP contribution in [-0.4, -0.2) is 65.2 Å². The van der Waals surface area contributed by atoms with Crippen LogP contribution in [0.3, 0.4) is 0 Å². The predicted octanol–water partition coefficient (Wildman–Crippen LogP) is 10.3. The summed E-state index contributed by atoms with van der Waals surface area (Å²) in [6, 6.07) is 33.5. The monoisotopic (exact) mass is 1160 g/mol. The minimum absolute atomic E-state index is 0.0126. The molecule has 5 atom stereocenters. The first-order chi connectivity index (χ1) is 39.9. The van der Waals surface area contributed by atoms with Crippen LogP contribution < -0.4 is 50.3 Å². The van der Waals surface area contributed by atoms with E-state index >= 15 is 14.4 Å². The minimum atomic E-state index is -2.00. The van der Waals surface area contributed by atoms with Gasteiger partial charge in [0.2, 0.25) is 29.4 Å². The van der Waals surface area contributed by atoms with Crippen molar-refractivity contribution in [2.45, 2.75) is 76.5 Å². The van der Waals surface area contributed by atoms with E-state index in [-0.39, 0.29) is 104 Å². The number of hydrogen-bond acceptors (Lipinski definition) is 13. The van der Waals surface area contributed by atoms with E-state index < -0.39 is 71.3 Å². The number of hydrogen-bond donors (Lipinski definition) is 7. The topological polar surface area (TPSA) is 241 Å². The Bertz CT molecular complexity index is 3540. The summed E-state index contributed by atoms with van der Waals surface area (Å²) in [4.78, 5) is 74.8. The highest BCUT2D eigenvalue weighted by atomic mass is 35.5. The fraction of sp³-hybridized carbons (Fsp3) is 0.222. The van der Waals surface area contributed by atoms with Gasteiger partial charge in [-0.25, -0.2) is 4.79 Å². The number of alkyl carbamates (subject to hydrolysis) is 1. The number of carbonyl (C=O) groups excluding carboxylic acids is 5. The molecule has 8 bridgehead atoms. The highest BCUT2D eigenvalue weighted by molar-refractivity contribution is 6.37. The van der Waals surface area contributed by atoms with Crippen molar-refractivity contribution in [1.82, 2.24) is 26.6 Å². The molecule has 7 aromatic carbocycles. The highest BCUT2D eigenvalue weighted by Gasteiger charge is 2.40. The first-order valence-electron chi connectivity index (χ1n) is 26.3. The van der Waals surface area contributed by atoms with Crippen molar-refractivity contribution in [2.75, 3.05) is 13.7 Å². The number of halogens is 2. The van der Waals surface area contributed by atoms with Crippen LogP contribution in [0.5, 0.6) is 40.2 Å². The number of aliphatic hydroxyl groups excluding tert-OH is 1. The molecule has 7 aromatic rings. The summed E-state index contributed by atoms with van der Waals surface area (Å²) in [5.41, 5.74) is 1.64. The Kier molecular flexibility index (Phi) is 18.1. The molecule has 0 saturated heterocycles. The van der Waals surface area contributed by atoms with Crippen molar-refractivity contribution < 1.29 is 62.6 Å². The van der Waals surface area contributed by atoms with E-state index in [4.69, 9.17) is 51.6 Å². The molecule has 10 rings (SSSR count). The molecular weight excluding hydrogens is 1110 g/mol. The first-order valence-corrected chi connectivity index (χ1v) is 27.0. The maximum Gasteiger partial charge on any atom is 0.408 e. The predicted molar refractivity (Wildman–Crippen MR) is 309 cm³/mol. The molecule has 5 amide bonds. The van der Waals surface area contributed by atoms with Gasteiger partial charge in [-0.3, -0.25) is 19.2 Å². The van der Waals surface area contributed by atoms with Crippen LogP contribution in [0.1, 0.15) is 83.9 Å². The lowest BCUT2D eigenvalue weighted by atomic mass is 9.89. The lowest BCUT2D eigenvalue weighted by Gasteiger charge is -2.32. The fourth-order valence-electron chi connectivity index (χ4n) is 9.31. The molecule has 3 heterocycles. The van der Waals surface area contributed by atoms with Crippen molar-refractivity contribution in [2.24, 2.45) is 0 Å². The number of aliphatic hydroxyl groups is 1. The van der Waals surface area contributed by atoms with Crippen molar-refractivity contribution in [3.63, 3.8) is 0 Å². The van der Waals surface area contributed by atoms with Gasteiger partial charge in [0.1, 0.15) is 79.5 Å². The van der Waals surface area contributed by atoms with E-state index in [0.29, 0.717) is 0 Å². The van der Waals surface area contributed by atoms with Crippen molar-refractivity contribution in [3.8, 4) is 51.4 Å². The molecule has 7 N–H and O–H groups in total. The Hall–Kier alpha value is -9.23. The highest BCUT2D eigenvalue weighted by Crippen LogP contribution is 2.48. The number of phenols is 1. The number of ether oxygens (including phenoxy) is 6. The smallest absolute Gasteiger partial charge is 0.408 e. The molecule has 0 fully saturated rings. The molecule has 3 aliphatic rings. The van der Waals surface area contributed by atoms with Crippen molar-refractivity contribution in [1.29, 1.82) is 0 Å². The summed E-state index contributed by atoms with van der Waals surface area (Å²) in [6.07, 6.45) is -1.68. The zero-order valence-corrected chi connectivity index (χ0v) is 47.0. The average molecular weight is 1170 g/mol. The quantitative estimate of drug-likeness (QED) is 0.0502. The standard InChI is InChI=1S/C63H59Cl2N5O13/c1-6-24-78-57-46(71)28-39-29-49(57)82-56-44(64)26-40(27-45(56)65)55(72)54-61(76)68-53(58(73)66-5)43-30-41(79-32-35-16-10-7-11-17-35)31-48(81-34-37-20-14-9-15-21-37)50(43)42-25-38(22-23-47(42)80-33-36-18-12-8-13-19-36)51(59(74)69-54)67-60(75)52(39)70-62(77)83-63(2,3)4/h6-23,25-31,51-55,71-72H,1,24,32-34H2,2-5H3,(H,66,73)(H,67,75)(H,68,76)(H,69,74)(H,70,77)/t51-,52-,53+,54+,55-/m1/s1. The lowest BCUT2D eigenvalue weighted by Crippen LogP contribution is -2.55. The molecule has 0 saturated carbocycles. The van der Waals surface area contributed by atoms with Crippen LogP contribution in [0, 0.1) is 0 Å². The fourth-order valence-corrected chi connectivity index (χ4v) is 9.89. The van der Waals surface area contributed by atoms with Crippen molar-refractivity contribution in [3.05, 3.63) is 207 Å². The second kappa shape index (κ2) is 25.7. The summed E-state index contributed by atoms with van der Waals surface area (Å²) in [7, 11) is 1.38. The molecule has 0 aliphatic carbocycles. The maximum absolute atomic E-state index is 15.5. The third-order valence-electron chi connectivity index (χ3n) is 13.2. The van der Waals surface area contributed by atoms with Gasteiger partial charge in [-0.2, -0.15) is 0 Å². The van der Waals surface area contributed by atoms with Gasteiger partial charge >= 0.3 is 6.09 Å². The van der Waals surface area contributed by atoms with Gasteiger partial charge in [-0.15, -0.1) is 0 Å².